The maximum atomic E-state index is 13.3. The van der Waals surface area contributed by atoms with E-state index >= 15 is 0 Å². The van der Waals surface area contributed by atoms with Crippen LogP contribution in [0.15, 0.2) is 16.6 Å². The Morgan fingerprint density at radius 1 is 1.35 bits per heavy atom. The van der Waals surface area contributed by atoms with Crippen LogP contribution in [0, 0.1) is 12.7 Å². The van der Waals surface area contributed by atoms with Gasteiger partial charge in [-0.3, -0.25) is 4.68 Å². The lowest BCUT2D eigenvalue weighted by Crippen LogP contribution is -2.08. The van der Waals surface area contributed by atoms with Crippen molar-refractivity contribution in [3.05, 3.63) is 43.9 Å². The van der Waals surface area contributed by atoms with Crippen LogP contribution in [0.1, 0.15) is 18.3 Å². The van der Waals surface area contributed by atoms with E-state index in [-0.39, 0.29) is 10.0 Å². The van der Waals surface area contributed by atoms with Crippen LogP contribution in [0.4, 0.5) is 10.1 Å². The highest BCUT2D eigenvalue weighted by Crippen LogP contribution is 2.28. The Morgan fingerprint density at radius 2 is 1.95 bits per heavy atom. The van der Waals surface area contributed by atoms with E-state index < -0.39 is 5.82 Å². The summed E-state index contributed by atoms with van der Waals surface area (Å²) in [4.78, 5) is 0. The van der Waals surface area contributed by atoms with Gasteiger partial charge in [-0.1, -0.05) is 23.2 Å². The van der Waals surface area contributed by atoms with Gasteiger partial charge in [-0.25, -0.2) is 4.39 Å². The molecular formula is C13H13BrCl2FN3. The van der Waals surface area contributed by atoms with Gasteiger partial charge in [-0.15, -0.1) is 0 Å². The van der Waals surface area contributed by atoms with E-state index in [1.165, 1.54) is 12.1 Å². The van der Waals surface area contributed by atoms with Crippen molar-refractivity contribution in [2.24, 2.45) is 0 Å². The minimum atomic E-state index is -0.602. The molecule has 2 rings (SSSR count). The number of hydrogen-bond acceptors (Lipinski definition) is 2. The number of anilines is 1. The number of hydrogen-bond donors (Lipinski definition) is 1. The Morgan fingerprint density at radius 3 is 2.50 bits per heavy atom. The smallest absolute Gasteiger partial charge is 0.160 e. The first-order valence-corrected chi connectivity index (χ1v) is 7.59. The first-order chi connectivity index (χ1) is 9.43. The van der Waals surface area contributed by atoms with Crippen molar-refractivity contribution < 1.29 is 4.39 Å². The lowest BCUT2D eigenvalue weighted by Gasteiger charge is -2.10. The van der Waals surface area contributed by atoms with E-state index in [2.05, 4.69) is 26.3 Å². The molecule has 0 aliphatic carbocycles. The molecule has 0 unspecified atom stereocenters. The molecule has 0 saturated heterocycles. The van der Waals surface area contributed by atoms with Crippen LogP contribution in [0.5, 0.6) is 0 Å². The number of benzene rings is 1. The highest BCUT2D eigenvalue weighted by atomic mass is 79.9. The van der Waals surface area contributed by atoms with E-state index in [1.807, 2.05) is 18.5 Å². The van der Waals surface area contributed by atoms with Crippen LogP contribution in [-0.4, -0.2) is 9.78 Å². The van der Waals surface area contributed by atoms with Crippen molar-refractivity contribution in [1.29, 1.82) is 0 Å². The van der Waals surface area contributed by atoms with E-state index in [1.54, 1.807) is 0 Å². The number of nitrogens with one attached hydrogen (secondary N) is 1. The highest BCUT2D eigenvalue weighted by Gasteiger charge is 2.13. The van der Waals surface area contributed by atoms with Crippen molar-refractivity contribution in [3.63, 3.8) is 0 Å². The molecule has 1 aromatic carbocycles. The molecule has 0 radical (unpaired) electrons. The lowest BCUT2D eigenvalue weighted by atomic mass is 10.3. The zero-order chi connectivity index (χ0) is 14.9. The minimum absolute atomic E-state index is 0.000699. The maximum absolute atomic E-state index is 13.3. The number of rotatable bonds is 4. The second-order valence-corrected chi connectivity index (χ2v) is 5.88. The molecule has 0 amide bonds. The third-order valence-corrected chi connectivity index (χ3v) is 4.48. The summed E-state index contributed by atoms with van der Waals surface area (Å²) in [6, 6.07) is 3.02. The molecule has 0 spiro atoms. The normalized spacial score (nSPS) is 10.9. The summed E-state index contributed by atoms with van der Waals surface area (Å²) in [7, 11) is 0. The van der Waals surface area contributed by atoms with Crippen molar-refractivity contribution in [1.82, 2.24) is 9.78 Å². The van der Waals surface area contributed by atoms with Gasteiger partial charge in [0.15, 0.2) is 5.82 Å². The Balaban J connectivity index is 2.21. The molecule has 0 aliphatic rings. The van der Waals surface area contributed by atoms with Gasteiger partial charge < -0.3 is 5.32 Å². The van der Waals surface area contributed by atoms with Crippen molar-refractivity contribution in [2.45, 2.75) is 26.9 Å². The Labute approximate surface area is 135 Å². The van der Waals surface area contributed by atoms with Gasteiger partial charge in [0.1, 0.15) is 0 Å². The molecule has 0 fully saturated rings. The quantitative estimate of drug-likeness (QED) is 0.753. The van der Waals surface area contributed by atoms with Crippen LogP contribution < -0.4 is 5.32 Å². The zero-order valence-corrected chi connectivity index (χ0v) is 14.1. The van der Waals surface area contributed by atoms with Crippen molar-refractivity contribution in [3.8, 4) is 0 Å². The summed E-state index contributed by atoms with van der Waals surface area (Å²) < 4.78 is 16.2. The number of aryl methyl sites for hydroxylation is 2. The molecule has 1 aromatic heterocycles. The molecule has 0 atom stereocenters. The largest absolute Gasteiger partial charge is 0.379 e. The molecule has 108 valence electrons. The molecule has 3 nitrogen and oxygen atoms in total. The highest BCUT2D eigenvalue weighted by molar-refractivity contribution is 9.10. The monoisotopic (exact) mass is 379 g/mol. The first-order valence-electron chi connectivity index (χ1n) is 6.04. The third kappa shape index (κ3) is 3.10. The summed E-state index contributed by atoms with van der Waals surface area (Å²) in [5.41, 5.74) is 2.61. The van der Waals surface area contributed by atoms with Crippen molar-refractivity contribution >= 4 is 44.8 Å². The fourth-order valence-electron chi connectivity index (χ4n) is 1.88. The zero-order valence-electron chi connectivity index (χ0n) is 11.0. The summed E-state index contributed by atoms with van der Waals surface area (Å²) >= 11 is 15.1. The van der Waals surface area contributed by atoms with Gasteiger partial charge in [-0.2, -0.15) is 5.10 Å². The molecule has 2 aromatic rings. The molecule has 20 heavy (non-hydrogen) atoms. The van der Waals surface area contributed by atoms with E-state index in [9.17, 15) is 4.39 Å². The second kappa shape index (κ2) is 6.33. The predicted molar refractivity (Wildman–Crippen MR) is 84.1 cm³/mol. The van der Waals surface area contributed by atoms with Crippen LogP contribution in [-0.2, 0) is 13.1 Å². The van der Waals surface area contributed by atoms with Gasteiger partial charge in [-0.05, 0) is 41.9 Å². The summed E-state index contributed by atoms with van der Waals surface area (Å²) in [5.74, 6) is -0.602. The molecule has 1 heterocycles. The number of halogens is 4. The van der Waals surface area contributed by atoms with Crippen molar-refractivity contribution in [2.75, 3.05) is 5.32 Å². The predicted octanol–water partition coefficient (Wildman–Crippen LogP) is 5.03. The second-order valence-electron chi connectivity index (χ2n) is 4.27. The molecule has 1 N–H and O–H groups in total. The topological polar surface area (TPSA) is 29.9 Å². The molecular weight excluding hydrogens is 368 g/mol. The van der Waals surface area contributed by atoms with E-state index in [4.69, 9.17) is 23.2 Å². The van der Waals surface area contributed by atoms with E-state index in [0.29, 0.717) is 12.2 Å². The van der Waals surface area contributed by atoms with Crippen LogP contribution in [0.25, 0.3) is 0 Å². The lowest BCUT2D eigenvalue weighted by molar-refractivity contribution is 0.621. The Hall–Kier alpha value is -0.780. The standard InChI is InChI=1S/C13H13BrCl2FN3/c1-3-20-11(12(14)7(2)19-20)6-18-8-4-9(15)13(17)10(16)5-8/h4-5,18H,3,6H2,1-2H3. The van der Waals surface area contributed by atoms with Gasteiger partial charge in [0, 0.05) is 12.2 Å². The Bertz CT molecular complexity index is 620. The first kappa shape index (κ1) is 15.6. The summed E-state index contributed by atoms with van der Waals surface area (Å²) in [6.45, 7) is 5.27. The molecule has 0 bridgehead atoms. The third-order valence-electron chi connectivity index (χ3n) is 2.90. The van der Waals surface area contributed by atoms with Gasteiger partial charge in [0.05, 0.1) is 32.5 Å². The van der Waals surface area contributed by atoms with Gasteiger partial charge >= 0.3 is 0 Å². The summed E-state index contributed by atoms with van der Waals surface area (Å²) in [6.07, 6.45) is 0. The van der Waals surface area contributed by atoms with Gasteiger partial charge in [0.2, 0.25) is 0 Å². The average Bonchev–Trinajstić information content (AvgIpc) is 2.69. The average molecular weight is 381 g/mol. The minimum Gasteiger partial charge on any atom is -0.379 e. The SMILES string of the molecule is CCn1nc(C)c(Br)c1CNc1cc(Cl)c(F)c(Cl)c1. The van der Waals surface area contributed by atoms with E-state index in [0.717, 1.165) is 22.4 Å². The van der Waals surface area contributed by atoms with Gasteiger partial charge in [0.25, 0.3) is 0 Å². The number of nitrogens with zero attached hydrogens (tertiary/aromatic N) is 2. The number of aromatic nitrogens is 2. The van der Waals surface area contributed by atoms with Crippen LogP contribution >= 0.6 is 39.1 Å². The summed E-state index contributed by atoms with van der Waals surface area (Å²) in [5, 5.41) is 7.58. The Kier molecular flexibility index (Phi) is 4.94. The fourth-order valence-corrected chi connectivity index (χ4v) is 2.79. The maximum Gasteiger partial charge on any atom is 0.160 e. The van der Waals surface area contributed by atoms with Crippen LogP contribution in [0.2, 0.25) is 10.0 Å². The van der Waals surface area contributed by atoms with Crippen LogP contribution in [0.3, 0.4) is 0 Å². The molecule has 7 heteroatoms. The fraction of sp³-hybridized carbons (Fsp3) is 0.308. The molecule has 0 saturated carbocycles. The molecule has 0 aliphatic heterocycles.